The first-order chi connectivity index (χ1) is 14.8. The van der Waals surface area contributed by atoms with E-state index in [1.807, 2.05) is 61.7 Å². The lowest BCUT2D eigenvalue weighted by Gasteiger charge is -2.17. The minimum atomic E-state index is -0.342. The van der Waals surface area contributed by atoms with Crippen molar-refractivity contribution in [2.45, 2.75) is 25.3 Å². The zero-order valence-corrected chi connectivity index (χ0v) is 19.5. The quantitative estimate of drug-likeness (QED) is 0.526. The predicted octanol–water partition coefficient (Wildman–Crippen LogP) is 4.63. The van der Waals surface area contributed by atoms with E-state index in [2.05, 4.69) is 10.4 Å². The zero-order valence-electron chi connectivity index (χ0n) is 18.0. The molecular formula is C23H25ClN4O2S. The number of amides is 2. The Balaban J connectivity index is 1.70. The molecule has 6 nitrogen and oxygen atoms in total. The van der Waals surface area contributed by atoms with Crippen molar-refractivity contribution in [2.24, 2.45) is 0 Å². The number of nitrogens with zero attached hydrogens (tertiary/aromatic N) is 3. The van der Waals surface area contributed by atoms with Crippen LogP contribution in [0, 0.1) is 13.8 Å². The summed E-state index contributed by atoms with van der Waals surface area (Å²) in [5.41, 5.74) is 3.77. The average Bonchev–Trinajstić information content (AvgIpc) is 3.02. The van der Waals surface area contributed by atoms with Crippen LogP contribution in [-0.4, -0.2) is 46.3 Å². The molecule has 8 heteroatoms. The summed E-state index contributed by atoms with van der Waals surface area (Å²) in [4.78, 5) is 27.8. The molecule has 0 saturated carbocycles. The van der Waals surface area contributed by atoms with Crippen LogP contribution in [0.15, 0.2) is 53.4 Å². The molecule has 3 aromatic rings. The number of benzene rings is 2. The van der Waals surface area contributed by atoms with Crippen molar-refractivity contribution in [2.75, 3.05) is 25.2 Å². The summed E-state index contributed by atoms with van der Waals surface area (Å²) >= 11 is 8.05. The molecule has 1 heterocycles. The molecule has 3 rings (SSSR count). The van der Waals surface area contributed by atoms with E-state index >= 15 is 0 Å². The van der Waals surface area contributed by atoms with Gasteiger partial charge in [0.05, 0.1) is 30.0 Å². The lowest BCUT2D eigenvalue weighted by atomic mass is 10.1. The van der Waals surface area contributed by atoms with Crippen LogP contribution in [0.2, 0.25) is 5.15 Å². The van der Waals surface area contributed by atoms with Gasteiger partial charge in [-0.15, -0.1) is 11.8 Å². The van der Waals surface area contributed by atoms with Crippen LogP contribution >= 0.6 is 23.4 Å². The molecule has 0 aliphatic heterocycles. The van der Waals surface area contributed by atoms with Crippen LogP contribution in [0.25, 0.3) is 0 Å². The minimum Gasteiger partial charge on any atom is -0.332 e. The Morgan fingerprint density at radius 2 is 1.81 bits per heavy atom. The van der Waals surface area contributed by atoms with Gasteiger partial charge in [0, 0.05) is 11.9 Å². The highest BCUT2D eigenvalue weighted by molar-refractivity contribution is 7.98. The van der Waals surface area contributed by atoms with Crippen molar-refractivity contribution in [1.29, 1.82) is 0 Å². The molecule has 0 fully saturated rings. The third kappa shape index (κ3) is 5.48. The second kappa shape index (κ2) is 10.0. The number of hydrogen-bond donors (Lipinski definition) is 1. The Bertz CT molecular complexity index is 1100. The number of rotatable bonds is 7. The molecule has 0 aliphatic carbocycles. The van der Waals surface area contributed by atoms with Crippen LogP contribution in [-0.2, 0) is 11.3 Å². The molecule has 0 unspecified atom stereocenters. The van der Waals surface area contributed by atoms with E-state index in [-0.39, 0.29) is 23.5 Å². The van der Waals surface area contributed by atoms with E-state index in [0.717, 1.165) is 16.1 Å². The fourth-order valence-corrected chi connectivity index (χ4v) is 4.05. The number of halogens is 1. The standard InChI is InChI=1S/C23H25ClN4O2S/c1-15-9-11-17(12-10-15)13-28-22(24)21(16(2)26-28)23(30)27(3)14-20(29)25-18-7-5-6-8-19(18)31-4/h5-12H,13-14H2,1-4H3,(H,25,29). The molecule has 0 radical (unpaired) electrons. The van der Waals surface area contributed by atoms with Gasteiger partial charge < -0.3 is 10.2 Å². The highest BCUT2D eigenvalue weighted by atomic mass is 35.5. The van der Waals surface area contributed by atoms with E-state index in [0.29, 0.717) is 17.8 Å². The molecule has 0 aliphatic rings. The number of para-hydroxylation sites is 1. The van der Waals surface area contributed by atoms with Crippen LogP contribution in [0.1, 0.15) is 27.2 Å². The van der Waals surface area contributed by atoms with Gasteiger partial charge in [-0.3, -0.25) is 9.59 Å². The van der Waals surface area contributed by atoms with Crippen molar-refractivity contribution < 1.29 is 9.59 Å². The Kier molecular flexibility index (Phi) is 7.41. The fraction of sp³-hybridized carbons (Fsp3) is 0.261. The highest BCUT2D eigenvalue weighted by Crippen LogP contribution is 2.25. The Morgan fingerprint density at radius 3 is 2.48 bits per heavy atom. The van der Waals surface area contributed by atoms with Gasteiger partial charge in [-0.1, -0.05) is 53.6 Å². The molecule has 0 bridgehead atoms. The van der Waals surface area contributed by atoms with Crippen molar-refractivity contribution in [3.63, 3.8) is 0 Å². The van der Waals surface area contributed by atoms with Gasteiger partial charge in [-0.05, 0) is 37.8 Å². The predicted molar refractivity (Wildman–Crippen MR) is 126 cm³/mol. The maximum Gasteiger partial charge on any atom is 0.259 e. The second-order valence-corrected chi connectivity index (χ2v) is 8.51. The Morgan fingerprint density at radius 1 is 1.13 bits per heavy atom. The summed E-state index contributed by atoms with van der Waals surface area (Å²) in [6.07, 6.45) is 1.94. The molecule has 0 saturated heterocycles. The molecular weight excluding hydrogens is 432 g/mol. The lowest BCUT2D eigenvalue weighted by Crippen LogP contribution is -2.35. The van der Waals surface area contributed by atoms with E-state index in [9.17, 15) is 9.59 Å². The van der Waals surface area contributed by atoms with E-state index < -0.39 is 0 Å². The topological polar surface area (TPSA) is 67.2 Å². The van der Waals surface area contributed by atoms with Crippen molar-refractivity contribution in [1.82, 2.24) is 14.7 Å². The third-order valence-corrected chi connectivity index (χ3v) is 6.02. The number of hydrogen-bond acceptors (Lipinski definition) is 4. The number of likely N-dealkylation sites (N-methyl/N-ethyl adjacent to an activating group) is 1. The fourth-order valence-electron chi connectivity index (χ4n) is 3.18. The van der Waals surface area contributed by atoms with Crippen molar-refractivity contribution >= 4 is 40.9 Å². The lowest BCUT2D eigenvalue weighted by molar-refractivity contribution is -0.116. The largest absolute Gasteiger partial charge is 0.332 e. The van der Waals surface area contributed by atoms with Crippen molar-refractivity contribution in [3.05, 3.63) is 76.1 Å². The molecule has 0 atom stereocenters. The minimum absolute atomic E-state index is 0.0968. The van der Waals surface area contributed by atoms with Gasteiger partial charge in [-0.25, -0.2) is 4.68 Å². The van der Waals surface area contributed by atoms with Gasteiger partial charge in [0.2, 0.25) is 5.91 Å². The second-order valence-electron chi connectivity index (χ2n) is 7.30. The average molecular weight is 457 g/mol. The molecule has 1 N–H and O–H groups in total. The maximum absolute atomic E-state index is 13.0. The molecule has 1 aromatic heterocycles. The number of aromatic nitrogens is 2. The van der Waals surface area contributed by atoms with E-state index in [1.54, 1.807) is 30.4 Å². The van der Waals surface area contributed by atoms with Gasteiger partial charge in [0.15, 0.2) is 0 Å². The van der Waals surface area contributed by atoms with E-state index in [1.165, 1.54) is 10.5 Å². The van der Waals surface area contributed by atoms with Crippen LogP contribution in [0.5, 0.6) is 0 Å². The number of aryl methyl sites for hydroxylation is 2. The SMILES string of the molecule is CSc1ccccc1NC(=O)CN(C)C(=O)c1c(C)nn(Cc2ccc(C)cc2)c1Cl. The van der Waals surface area contributed by atoms with E-state index in [4.69, 9.17) is 11.6 Å². The summed E-state index contributed by atoms with van der Waals surface area (Å²) in [7, 11) is 1.58. The molecule has 2 amide bonds. The molecule has 31 heavy (non-hydrogen) atoms. The number of thioether (sulfide) groups is 1. The Labute approximate surface area is 191 Å². The number of carbonyl (C=O) groups excluding carboxylic acids is 2. The first-order valence-corrected chi connectivity index (χ1v) is 11.4. The van der Waals surface area contributed by atoms with Crippen LogP contribution in [0.4, 0.5) is 5.69 Å². The van der Waals surface area contributed by atoms with Gasteiger partial charge in [0.25, 0.3) is 5.91 Å². The van der Waals surface area contributed by atoms with Gasteiger partial charge in [-0.2, -0.15) is 5.10 Å². The highest BCUT2D eigenvalue weighted by Gasteiger charge is 2.24. The number of nitrogens with one attached hydrogen (secondary N) is 1. The smallest absolute Gasteiger partial charge is 0.259 e. The number of anilines is 1. The number of carbonyl (C=O) groups is 2. The molecule has 162 valence electrons. The summed E-state index contributed by atoms with van der Waals surface area (Å²) in [5.74, 6) is -0.621. The first-order valence-electron chi connectivity index (χ1n) is 9.77. The summed E-state index contributed by atoms with van der Waals surface area (Å²) < 4.78 is 1.61. The van der Waals surface area contributed by atoms with Crippen LogP contribution < -0.4 is 5.32 Å². The van der Waals surface area contributed by atoms with Gasteiger partial charge in [0.1, 0.15) is 5.15 Å². The monoisotopic (exact) mass is 456 g/mol. The van der Waals surface area contributed by atoms with Crippen LogP contribution in [0.3, 0.4) is 0 Å². The summed E-state index contributed by atoms with van der Waals surface area (Å²) in [5, 5.41) is 7.56. The first kappa shape index (κ1) is 22.9. The molecule has 2 aromatic carbocycles. The summed E-state index contributed by atoms with van der Waals surface area (Å²) in [6, 6.07) is 15.6. The summed E-state index contributed by atoms with van der Waals surface area (Å²) in [6.45, 7) is 4.13. The van der Waals surface area contributed by atoms with Crippen molar-refractivity contribution in [3.8, 4) is 0 Å². The molecule has 0 spiro atoms. The zero-order chi connectivity index (χ0) is 22.5. The Hall–Kier alpha value is -2.77. The maximum atomic E-state index is 13.0. The normalized spacial score (nSPS) is 10.7. The van der Waals surface area contributed by atoms with Gasteiger partial charge >= 0.3 is 0 Å². The third-order valence-electron chi connectivity index (χ3n) is 4.84.